The number of carboxylic acid groups (broad SMARTS) is 1. The molecule has 0 bridgehead atoms. The Kier molecular flexibility index (Phi) is 7.10. The van der Waals surface area contributed by atoms with Crippen LogP contribution in [0.3, 0.4) is 0 Å². The maximum atomic E-state index is 13.1. The van der Waals surface area contributed by atoms with Crippen LogP contribution in [0.25, 0.3) is 0 Å². The van der Waals surface area contributed by atoms with Gasteiger partial charge < -0.3 is 24.8 Å². The van der Waals surface area contributed by atoms with Crippen molar-refractivity contribution in [3.05, 3.63) is 18.2 Å². The van der Waals surface area contributed by atoms with Crippen molar-refractivity contribution in [1.82, 2.24) is 15.2 Å². The summed E-state index contributed by atoms with van der Waals surface area (Å²) in [5, 5.41) is 12.1. The Bertz CT molecular complexity index is 767. The van der Waals surface area contributed by atoms with E-state index in [1.165, 1.54) is 12.0 Å². The van der Waals surface area contributed by atoms with Crippen LogP contribution in [0.1, 0.15) is 27.2 Å². The molecule has 2 N–H and O–H groups in total. The zero-order chi connectivity index (χ0) is 21.8. The number of carboxylic acids is 1. The van der Waals surface area contributed by atoms with Crippen molar-refractivity contribution in [2.75, 3.05) is 20.3 Å². The Morgan fingerprint density at radius 2 is 2.07 bits per heavy atom. The average molecular weight is 403 g/mol. The van der Waals surface area contributed by atoms with Gasteiger partial charge in [-0.05, 0) is 17.4 Å². The Balaban J connectivity index is 2.13. The molecule has 9 nitrogen and oxygen atoms in total. The van der Waals surface area contributed by atoms with Crippen molar-refractivity contribution in [1.29, 1.82) is 0 Å². The summed E-state index contributed by atoms with van der Waals surface area (Å²) >= 11 is 0. The Labute approximate surface area is 171 Å². The van der Waals surface area contributed by atoms with E-state index in [9.17, 15) is 19.5 Å². The van der Waals surface area contributed by atoms with E-state index in [-0.39, 0.29) is 25.5 Å². The molecule has 1 aromatic heterocycles. The van der Waals surface area contributed by atoms with Gasteiger partial charge in [0.1, 0.15) is 19.9 Å². The summed E-state index contributed by atoms with van der Waals surface area (Å²) < 4.78 is 10.2. The number of alkyl carbamates (subject to hydrolysis) is 1. The van der Waals surface area contributed by atoms with E-state index in [0.717, 1.165) is 0 Å². The van der Waals surface area contributed by atoms with Gasteiger partial charge in [0.25, 0.3) is 0 Å². The van der Waals surface area contributed by atoms with E-state index < -0.39 is 35.5 Å². The monoisotopic (exact) mass is 403 g/mol. The van der Waals surface area contributed by atoms with Crippen LogP contribution < -0.4 is 15.6 Å². The maximum Gasteiger partial charge on any atom is 0.407 e. The zero-order valence-electron chi connectivity index (χ0n) is 17.0. The number of rotatable bonds is 6. The summed E-state index contributed by atoms with van der Waals surface area (Å²) in [4.78, 5) is 41.9. The lowest BCUT2D eigenvalue weighted by Crippen LogP contribution is -2.56. The number of carbonyl (C=O) groups excluding carboxylic acids is 2. The quantitative estimate of drug-likeness (QED) is 0.657. The van der Waals surface area contributed by atoms with Crippen LogP contribution in [0.15, 0.2) is 18.2 Å². The van der Waals surface area contributed by atoms with Gasteiger partial charge >= 0.3 is 12.1 Å². The van der Waals surface area contributed by atoms with Gasteiger partial charge in [0.2, 0.25) is 11.8 Å². The summed E-state index contributed by atoms with van der Waals surface area (Å²) in [6.45, 7) is 5.72. The SMILES string of the molecule is [B]c1cccc(OC[C@@H]2C[C@@H](C(=O)O)N(C(=O)[C@@H](NC(=O)OC)C(C)(C)C)C2)n1. The molecule has 1 fully saturated rings. The highest BCUT2D eigenvalue weighted by Crippen LogP contribution is 2.29. The number of amides is 2. The second-order valence-corrected chi connectivity index (χ2v) is 8.09. The molecule has 3 atom stereocenters. The number of methoxy groups -OCH3 is 1. The van der Waals surface area contributed by atoms with E-state index in [4.69, 9.17) is 12.6 Å². The van der Waals surface area contributed by atoms with Crippen LogP contribution in [-0.4, -0.2) is 73.2 Å². The summed E-state index contributed by atoms with van der Waals surface area (Å²) in [6.07, 6.45) is -0.518. The number of likely N-dealkylation sites (tertiary alicyclic amines) is 1. The fourth-order valence-corrected chi connectivity index (χ4v) is 3.23. The van der Waals surface area contributed by atoms with Crippen molar-refractivity contribution in [2.45, 2.75) is 39.3 Å². The molecular formula is C19H26BN3O6. The van der Waals surface area contributed by atoms with Gasteiger partial charge in [-0.15, -0.1) is 0 Å². The van der Waals surface area contributed by atoms with E-state index in [1.807, 2.05) is 0 Å². The van der Waals surface area contributed by atoms with Gasteiger partial charge in [-0.25, -0.2) is 14.6 Å². The molecule has 0 unspecified atom stereocenters. The lowest BCUT2D eigenvalue weighted by molar-refractivity contribution is -0.150. The number of pyridine rings is 1. The van der Waals surface area contributed by atoms with Crippen LogP contribution in [0, 0.1) is 11.3 Å². The summed E-state index contributed by atoms with van der Waals surface area (Å²) in [5.74, 6) is -1.45. The van der Waals surface area contributed by atoms with Gasteiger partial charge in [-0.3, -0.25) is 4.79 Å². The maximum absolute atomic E-state index is 13.1. The second-order valence-electron chi connectivity index (χ2n) is 8.09. The third kappa shape index (κ3) is 5.85. The van der Waals surface area contributed by atoms with Gasteiger partial charge in [0, 0.05) is 18.5 Å². The molecule has 1 aliphatic rings. The van der Waals surface area contributed by atoms with Gasteiger partial charge in [0.15, 0.2) is 0 Å². The van der Waals surface area contributed by atoms with E-state index in [0.29, 0.717) is 11.5 Å². The van der Waals surface area contributed by atoms with Crippen LogP contribution >= 0.6 is 0 Å². The largest absolute Gasteiger partial charge is 0.480 e. The first-order valence-corrected chi connectivity index (χ1v) is 9.26. The van der Waals surface area contributed by atoms with Crippen molar-refractivity contribution < 1.29 is 29.0 Å². The van der Waals surface area contributed by atoms with E-state index in [1.54, 1.807) is 39.0 Å². The Morgan fingerprint density at radius 1 is 1.38 bits per heavy atom. The number of ether oxygens (including phenoxy) is 2. The number of carbonyl (C=O) groups is 3. The predicted octanol–water partition coefficient (Wildman–Crippen LogP) is 0.327. The highest BCUT2D eigenvalue weighted by molar-refractivity contribution is 6.30. The molecule has 1 saturated heterocycles. The molecule has 2 rings (SSSR count). The third-order valence-corrected chi connectivity index (χ3v) is 4.73. The summed E-state index contributed by atoms with van der Waals surface area (Å²) in [6, 6.07) is 3.04. The average Bonchev–Trinajstić information content (AvgIpc) is 3.07. The highest BCUT2D eigenvalue weighted by Gasteiger charge is 2.45. The molecule has 0 aromatic carbocycles. The minimum Gasteiger partial charge on any atom is -0.480 e. The first kappa shape index (κ1) is 22.5. The molecule has 2 radical (unpaired) electrons. The number of aliphatic carboxylic acids is 1. The highest BCUT2D eigenvalue weighted by atomic mass is 16.5. The molecule has 10 heteroatoms. The molecule has 0 spiro atoms. The number of aromatic nitrogens is 1. The number of hydrogen-bond acceptors (Lipinski definition) is 6. The lowest BCUT2D eigenvalue weighted by Gasteiger charge is -2.34. The fraction of sp³-hybridized carbons (Fsp3) is 0.579. The van der Waals surface area contributed by atoms with Crippen LogP contribution in [0.4, 0.5) is 4.79 Å². The minimum absolute atomic E-state index is 0.188. The Hall–Kier alpha value is -2.78. The predicted molar refractivity (Wildman–Crippen MR) is 105 cm³/mol. The molecule has 1 aliphatic heterocycles. The van der Waals surface area contributed by atoms with E-state index >= 15 is 0 Å². The van der Waals surface area contributed by atoms with Gasteiger partial charge in [0.05, 0.1) is 13.7 Å². The fourth-order valence-electron chi connectivity index (χ4n) is 3.23. The zero-order valence-corrected chi connectivity index (χ0v) is 17.0. The first-order valence-electron chi connectivity index (χ1n) is 9.26. The van der Waals surface area contributed by atoms with Crippen LogP contribution in [0.5, 0.6) is 5.88 Å². The molecule has 0 aliphatic carbocycles. The molecule has 156 valence electrons. The van der Waals surface area contributed by atoms with Crippen molar-refractivity contribution in [2.24, 2.45) is 11.3 Å². The van der Waals surface area contributed by atoms with E-state index in [2.05, 4.69) is 15.0 Å². The normalized spacial score (nSPS) is 20.1. The first-order chi connectivity index (χ1) is 13.5. The molecule has 2 heterocycles. The molecule has 29 heavy (non-hydrogen) atoms. The standard InChI is InChI=1S/C19H26BN3O6/c1-19(2,3)15(22-18(27)28-4)16(24)23-9-11(8-12(23)17(25)26)10-29-14-7-5-6-13(20)21-14/h5-7,11-12,15H,8-10H2,1-4H3,(H,22,27)(H,25,26)/t11-,12+,15-/m1/s1. The van der Waals surface area contributed by atoms with Crippen molar-refractivity contribution >= 4 is 31.4 Å². The third-order valence-electron chi connectivity index (χ3n) is 4.73. The van der Waals surface area contributed by atoms with Crippen LogP contribution in [0.2, 0.25) is 0 Å². The topological polar surface area (TPSA) is 118 Å². The number of nitrogens with one attached hydrogen (secondary N) is 1. The minimum atomic E-state index is -1.10. The molecule has 0 saturated carbocycles. The molecule has 1 aromatic rings. The number of hydrogen-bond donors (Lipinski definition) is 2. The molecule has 2 amide bonds. The number of nitrogens with zero attached hydrogens (tertiary/aromatic N) is 2. The van der Waals surface area contributed by atoms with Crippen molar-refractivity contribution in [3.8, 4) is 5.88 Å². The summed E-state index contributed by atoms with van der Waals surface area (Å²) in [7, 11) is 6.83. The molecular weight excluding hydrogens is 377 g/mol. The van der Waals surface area contributed by atoms with Crippen LogP contribution in [-0.2, 0) is 14.3 Å². The smallest absolute Gasteiger partial charge is 0.407 e. The lowest BCUT2D eigenvalue weighted by atomic mass is 9.85. The van der Waals surface area contributed by atoms with Crippen molar-refractivity contribution in [3.63, 3.8) is 0 Å². The second kappa shape index (κ2) is 9.15. The van der Waals surface area contributed by atoms with Gasteiger partial charge in [-0.1, -0.05) is 32.9 Å². The van der Waals surface area contributed by atoms with Gasteiger partial charge in [-0.2, -0.15) is 0 Å². The summed E-state index contributed by atoms with van der Waals surface area (Å²) in [5.41, 5.74) is -0.329. The Morgan fingerprint density at radius 3 is 2.62 bits per heavy atom.